The van der Waals surface area contributed by atoms with Crippen molar-refractivity contribution in [1.82, 2.24) is 0 Å². The van der Waals surface area contributed by atoms with Crippen molar-refractivity contribution in [3.63, 3.8) is 0 Å². The molecule has 250 valence electrons. The molecule has 1 heterocycles. The third-order valence-corrected chi connectivity index (χ3v) is 13.3. The second-order valence-corrected chi connectivity index (χ2v) is 16.4. The van der Waals surface area contributed by atoms with Crippen LogP contribution in [0.5, 0.6) is 0 Å². The molecule has 0 bridgehead atoms. The van der Waals surface area contributed by atoms with Crippen LogP contribution in [0, 0.1) is 46.3 Å². The lowest BCUT2D eigenvalue weighted by Crippen LogP contribution is -2.59. The number of aliphatic hydroxyl groups is 3. The van der Waals surface area contributed by atoms with E-state index in [1.54, 1.807) is 6.92 Å². The van der Waals surface area contributed by atoms with E-state index >= 15 is 0 Å². The van der Waals surface area contributed by atoms with Gasteiger partial charge in [0.25, 0.3) is 0 Å². The fourth-order valence-corrected chi connectivity index (χ4v) is 10.4. The van der Waals surface area contributed by atoms with Crippen LogP contribution >= 0.6 is 0 Å². The van der Waals surface area contributed by atoms with Gasteiger partial charge in [0.2, 0.25) is 0 Å². The second-order valence-electron chi connectivity index (χ2n) is 16.4. The first kappa shape index (κ1) is 34.1. The Morgan fingerprint density at radius 3 is 2.39 bits per heavy atom. The minimum absolute atomic E-state index is 0.0451. The molecular formula is C37H60O7. The molecule has 1 saturated heterocycles. The maximum atomic E-state index is 12.0. The van der Waals surface area contributed by atoms with Crippen LogP contribution in [0.15, 0.2) is 23.3 Å². The zero-order valence-electron chi connectivity index (χ0n) is 28.7. The zero-order valence-corrected chi connectivity index (χ0v) is 28.7. The second kappa shape index (κ2) is 12.4. The fraction of sp³-hybridized carbons (Fsp3) is 0.865. The highest BCUT2D eigenvalue weighted by Gasteiger charge is 2.59. The number of allylic oxidation sites excluding steroid dienone is 2. The Morgan fingerprint density at radius 1 is 1.05 bits per heavy atom. The number of carbonyl (C=O) groups excluding carboxylic acids is 1. The highest BCUT2D eigenvalue weighted by Crippen LogP contribution is 2.66. The first-order chi connectivity index (χ1) is 20.5. The molecule has 0 aromatic heterocycles. The number of esters is 1. The van der Waals surface area contributed by atoms with Gasteiger partial charge in [0.05, 0.1) is 17.8 Å². The van der Waals surface area contributed by atoms with Gasteiger partial charge in [-0.1, -0.05) is 59.3 Å². The number of hydrogen-bond donors (Lipinski definition) is 3. The molecule has 44 heavy (non-hydrogen) atoms. The molecular weight excluding hydrogens is 556 g/mol. The summed E-state index contributed by atoms with van der Waals surface area (Å²) in [6.45, 7) is 19.2. The predicted molar refractivity (Wildman–Crippen MR) is 170 cm³/mol. The van der Waals surface area contributed by atoms with E-state index in [1.807, 2.05) is 0 Å². The van der Waals surface area contributed by atoms with E-state index in [-0.39, 0.29) is 16.9 Å². The Morgan fingerprint density at radius 2 is 1.73 bits per heavy atom. The van der Waals surface area contributed by atoms with Gasteiger partial charge >= 0.3 is 5.97 Å². The SMILES string of the molecule is CC(=O)O[C@H]1[C@@H](O)[C@H](O)[C@H](O[C@H]2CC[C@@]3(C)C(=CC[C@@H]4[C@@H]3CC[C@]3(C)C([C@](C)(O)C[C@@H](C)[C@H](C)C(C)C)=CC[C@@H]43)C2)O[C@H]1C. The van der Waals surface area contributed by atoms with E-state index in [1.165, 1.54) is 24.5 Å². The Bertz CT molecular complexity index is 1130. The summed E-state index contributed by atoms with van der Waals surface area (Å²) in [5, 5.41) is 33.4. The number of ether oxygens (including phenoxy) is 3. The molecule has 3 N–H and O–H groups in total. The Labute approximate surface area is 265 Å². The van der Waals surface area contributed by atoms with E-state index in [4.69, 9.17) is 14.2 Å². The average molecular weight is 617 g/mol. The molecule has 14 atom stereocenters. The van der Waals surface area contributed by atoms with Gasteiger partial charge in [0.15, 0.2) is 12.4 Å². The maximum absolute atomic E-state index is 12.0. The van der Waals surface area contributed by atoms with Crippen LogP contribution in [-0.4, -0.2) is 63.7 Å². The Balaban J connectivity index is 1.25. The molecule has 0 spiro atoms. The third kappa shape index (κ3) is 5.98. The number of rotatable bonds is 8. The minimum atomic E-state index is -1.29. The smallest absolute Gasteiger partial charge is 0.303 e. The molecule has 0 aromatic carbocycles. The highest BCUT2D eigenvalue weighted by atomic mass is 16.7. The van der Waals surface area contributed by atoms with E-state index in [0.717, 1.165) is 44.9 Å². The monoisotopic (exact) mass is 616 g/mol. The summed E-state index contributed by atoms with van der Waals surface area (Å²) in [4.78, 5) is 11.5. The molecule has 1 aliphatic heterocycles. The van der Waals surface area contributed by atoms with Crippen LogP contribution in [0.25, 0.3) is 0 Å². The molecule has 7 nitrogen and oxygen atoms in total. The lowest BCUT2D eigenvalue weighted by molar-refractivity contribution is -0.307. The van der Waals surface area contributed by atoms with Crippen molar-refractivity contribution in [3.05, 3.63) is 23.3 Å². The van der Waals surface area contributed by atoms with Crippen LogP contribution in [0.3, 0.4) is 0 Å². The van der Waals surface area contributed by atoms with E-state index in [0.29, 0.717) is 35.5 Å². The topological polar surface area (TPSA) is 105 Å². The third-order valence-electron chi connectivity index (χ3n) is 13.3. The zero-order chi connectivity index (χ0) is 32.4. The molecule has 4 aliphatic carbocycles. The molecule has 5 rings (SSSR count). The van der Waals surface area contributed by atoms with Crippen molar-refractivity contribution < 1.29 is 34.3 Å². The normalized spacial score (nSPS) is 44.8. The van der Waals surface area contributed by atoms with E-state index in [2.05, 4.69) is 60.6 Å². The quantitative estimate of drug-likeness (QED) is 0.216. The lowest BCUT2D eigenvalue weighted by Gasteiger charge is -2.58. The molecule has 0 unspecified atom stereocenters. The van der Waals surface area contributed by atoms with Crippen LogP contribution in [-0.2, 0) is 19.0 Å². The summed E-state index contributed by atoms with van der Waals surface area (Å²) in [5.74, 6) is 2.90. The first-order valence-electron chi connectivity index (χ1n) is 17.5. The lowest BCUT2D eigenvalue weighted by atomic mass is 9.47. The predicted octanol–water partition coefficient (Wildman–Crippen LogP) is 6.34. The van der Waals surface area contributed by atoms with Crippen molar-refractivity contribution in [2.75, 3.05) is 0 Å². The van der Waals surface area contributed by atoms with Crippen LogP contribution in [0.4, 0.5) is 0 Å². The van der Waals surface area contributed by atoms with Crippen molar-refractivity contribution in [2.24, 2.45) is 46.3 Å². The summed E-state index contributed by atoms with van der Waals surface area (Å²) in [5.41, 5.74) is 2.15. The fourth-order valence-electron chi connectivity index (χ4n) is 10.4. The van der Waals surface area contributed by atoms with Crippen LogP contribution in [0.2, 0.25) is 0 Å². The summed E-state index contributed by atoms with van der Waals surface area (Å²) in [6, 6.07) is 0. The van der Waals surface area contributed by atoms with Gasteiger partial charge in [-0.2, -0.15) is 0 Å². The maximum Gasteiger partial charge on any atom is 0.303 e. The first-order valence-corrected chi connectivity index (χ1v) is 17.5. The van der Waals surface area contributed by atoms with Crippen molar-refractivity contribution in [2.45, 2.75) is 156 Å². The van der Waals surface area contributed by atoms with Crippen LogP contribution < -0.4 is 0 Å². The number of aliphatic hydroxyl groups excluding tert-OH is 2. The molecule has 0 radical (unpaired) electrons. The van der Waals surface area contributed by atoms with Crippen LogP contribution in [0.1, 0.15) is 114 Å². The summed E-state index contributed by atoms with van der Waals surface area (Å²) in [6.07, 6.45) is 7.71. The standard InChI is InChI=1S/C37H60O7/c1-20(2)22(4)21(3)19-37(9,41)30-13-12-28-27-11-10-25-18-26(14-16-35(25,7)29(27)15-17-36(28,30)8)44-34-32(40)31(39)33(23(5)42-34)43-24(6)38/h10,13,20-23,26-29,31-34,39-41H,11-12,14-19H2,1-9H3/t21-,22-,23+,26+,27+,28+,29+,31+,32+,33-,34+,35+,36+,37-/m1/s1. The number of carbonyl (C=O) groups is 1. The van der Waals surface area contributed by atoms with E-state index < -0.39 is 42.3 Å². The Kier molecular flexibility index (Phi) is 9.61. The number of fused-ring (bicyclic) bond motifs is 5. The van der Waals surface area contributed by atoms with Crippen molar-refractivity contribution in [1.29, 1.82) is 0 Å². The van der Waals surface area contributed by atoms with E-state index in [9.17, 15) is 20.1 Å². The summed E-state index contributed by atoms with van der Waals surface area (Å²) in [7, 11) is 0. The van der Waals surface area contributed by atoms with Gasteiger partial charge in [0.1, 0.15) is 12.2 Å². The molecule has 0 aromatic rings. The number of hydrogen-bond acceptors (Lipinski definition) is 7. The van der Waals surface area contributed by atoms with Gasteiger partial charge in [0, 0.05) is 6.92 Å². The Hall–Kier alpha value is -1.25. The molecule has 7 heteroatoms. The van der Waals surface area contributed by atoms with Gasteiger partial charge in [-0.15, -0.1) is 0 Å². The van der Waals surface area contributed by atoms with Crippen molar-refractivity contribution >= 4 is 5.97 Å². The van der Waals surface area contributed by atoms with Gasteiger partial charge < -0.3 is 29.5 Å². The summed E-state index contributed by atoms with van der Waals surface area (Å²) >= 11 is 0. The highest BCUT2D eigenvalue weighted by molar-refractivity contribution is 5.66. The van der Waals surface area contributed by atoms with Gasteiger partial charge in [-0.05, 0) is 117 Å². The molecule has 2 saturated carbocycles. The minimum Gasteiger partial charge on any atom is -0.457 e. The molecule has 5 aliphatic rings. The average Bonchev–Trinajstić information content (AvgIpc) is 3.31. The molecule has 0 amide bonds. The summed E-state index contributed by atoms with van der Waals surface area (Å²) < 4.78 is 17.4. The van der Waals surface area contributed by atoms with Crippen molar-refractivity contribution in [3.8, 4) is 0 Å². The van der Waals surface area contributed by atoms with Gasteiger partial charge in [-0.3, -0.25) is 4.79 Å². The molecule has 3 fully saturated rings. The van der Waals surface area contributed by atoms with Gasteiger partial charge in [-0.25, -0.2) is 0 Å². The largest absolute Gasteiger partial charge is 0.457 e.